The van der Waals surface area contributed by atoms with Gasteiger partial charge in [0.25, 0.3) is 10.1 Å². The highest BCUT2D eigenvalue weighted by atomic mass is 32.2. The van der Waals surface area contributed by atoms with Crippen LogP contribution in [-0.4, -0.2) is 54.8 Å². The number of anilines is 1. The van der Waals surface area contributed by atoms with E-state index < -0.39 is 24.5 Å². The largest absolute Gasteiger partial charge is 0.469 e. The smallest absolute Gasteiger partial charge is 0.305 e. The number of hydrogen-bond acceptors (Lipinski definition) is 7. The molecule has 1 unspecified atom stereocenters. The lowest BCUT2D eigenvalue weighted by molar-refractivity contribution is -0.140. The highest BCUT2D eigenvalue weighted by Gasteiger charge is 2.40. The maximum absolute atomic E-state index is 12.0. The normalized spacial score (nSPS) is 19.4. The van der Waals surface area contributed by atoms with Gasteiger partial charge in [-0.05, 0) is 67.9 Å². The summed E-state index contributed by atoms with van der Waals surface area (Å²) >= 11 is 0. The van der Waals surface area contributed by atoms with Crippen molar-refractivity contribution in [1.29, 1.82) is 0 Å². The van der Waals surface area contributed by atoms with Crippen molar-refractivity contribution in [3.63, 3.8) is 0 Å². The summed E-state index contributed by atoms with van der Waals surface area (Å²) in [5.74, 6) is -0.206. The van der Waals surface area contributed by atoms with Crippen LogP contribution in [0, 0.1) is 0 Å². The Bertz CT molecular complexity index is 1050. The summed E-state index contributed by atoms with van der Waals surface area (Å²) in [5, 5.41) is 0.139. The summed E-state index contributed by atoms with van der Waals surface area (Å²) in [6.07, 6.45) is 12.6. The number of nitrogens with zero attached hydrogens (tertiary/aromatic N) is 1. The van der Waals surface area contributed by atoms with E-state index in [-0.39, 0.29) is 23.2 Å². The quantitative estimate of drug-likeness (QED) is 0.0642. The van der Waals surface area contributed by atoms with Crippen molar-refractivity contribution in [1.82, 2.24) is 0 Å². The molecule has 0 spiro atoms. The molecule has 0 radical (unpaired) electrons. The Morgan fingerprint density at radius 2 is 1.80 bits per heavy atom. The number of hydrogen-bond donors (Lipinski definition) is 0. The predicted octanol–water partition coefficient (Wildman–Crippen LogP) is 7.54. The monoisotopic (exact) mass is 595 g/mol. The van der Waals surface area contributed by atoms with Crippen LogP contribution in [0.15, 0.2) is 36.4 Å². The molecule has 1 aliphatic rings. The average molecular weight is 596 g/mol. The average Bonchev–Trinajstić information content (AvgIpc) is 3.25. The number of carbonyl (C=O) groups excluding carboxylic acids is 1. The minimum absolute atomic E-state index is 0.0742. The summed E-state index contributed by atoms with van der Waals surface area (Å²) in [4.78, 5) is 13.6. The van der Waals surface area contributed by atoms with Crippen LogP contribution in [0.1, 0.15) is 97.1 Å². The van der Waals surface area contributed by atoms with Crippen LogP contribution in [0.25, 0.3) is 0 Å². The van der Waals surface area contributed by atoms with E-state index in [0.717, 1.165) is 44.2 Å². The Kier molecular flexibility index (Phi) is 13.4. The molecule has 0 aliphatic carbocycles. The molecule has 1 aromatic rings. The second-order valence-electron chi connectivity index (χ2n) is 12.5. The van der Waals surface area contributed by atoms with Crippen LogP contribution in [-0.2, 0) is 28.3 Å². The fraction of sp³-hybridized carbons (Fsp3) is 0.710. The molecule has 1 aromatic carbocycles. The van der Waals surface area contributed by atoms with Crippen LogP contribution < -0.4 is 4.90 Å². The number of methoxy groups -OCH3 is 1. The molecular weight excluding hydrogens is 542 g/mol. The third-order valence-corrected chi connectivity index (χ3v) is 13.3. The van der Waals surface area contributed by atoms with E-state index in [4.69, 9.17) is 13.3 Å². The molecule has 1 aliphatic heterocycles. The summed E-state index contributed by atoms with van der Waals surface area (Å²) in [6, 6.07) is 8.56. The molecule has 228 valence electrons. The summed E-state index contributed by atoms with van der Waals surface area (Å²) in [5.41, 5.74) is 2.27. The first-order chi connectivity index (χ1) is 18.7. The van der Waals surface area contributed by atoms with Crippen molar-refractivity contribution in [2.24, 2.45) is 0 Å². The third-order valence-electron chi connectivity index (χ3n) is 8.22. The molecule has 2 rings (SSSR count). The molecule has 0 amide bonds. The number of allylic oxidation sites excluding steroid dienone is 1. The van der Waals surface area contributed by atoms with Gasteiger partial charge in [-0.3, -0.25) is 8.98 Å². The van der Waals surface area contributed by atoms with Gasteiger partial charge in [0.1, 0.15) is 0 Å². The van der Waals surface area contributed by atoms with Crippen molar-refractivity contribution in [2.75, 3.05) is 24.8 Å². The Morgan fingerprint density at radius 1 is 1.12 bits per heavy atom. The van der Waals surface area contributed by atoms with Crippen LogP contribution in [0.3, 0.4) is 0 Å². The van der Waals surface area contributed by atoms with Crippen LogP contribution in [0.4, 0.5) is 5.69 Å². The lowest BCUT2D eigenvalue weighted by Crippen LogP contribution is -2.41. The van der Waals surface area contributed by atoms with Crippen LogP contribution in [0.5, 0.6) is 0 Å². The lowest BCUT2D eigenvalue weighted by Gasteiger charge is -2.39. The molecule has 3 atom stereocenters. The minimum Gasteiger partial charge on any atom is -0.469 e. The molecule has 1 saturated heterocycles. The molecule has 1 fully saturated rings. The highest BCUT2D eigenvalue weighted by molar-refractivity contribution is 7.86. The van der Waals surface area contributed by atoms with E-state index in [1.165, 1.54) is 25.5 Å². The zero-order valence-electron chi connectivity index (χ0n) is 26.1. The van der Waals surface area contributed by atoms with Crippen molar-refractivity contribution < 1.29 is 26.6 Å². The van der Waals surface area contributed by atoms with Crippen molar-refractivity contribution in [3.05, 3.63) is 42.0 Å². The van der Waals surface area contributed by atoms with Gasteiger partial charge in [-0.2, -0.15) is 8.42 Å². The standard InChI is InChI=1S/C31H53NO6SSi/c1-9-10-13-17-28(38-40(7,8)31(2,3)4)25-19-21-26(22-20-25)32-24-23-29(37-39(6,34)35)27(32)16-14-11-12-15-18-30(33)36-5/h11,14,19-22,27-29H,9-10,12-13,15-18,23-24H2,1-8H3/b14-11-/t27-,28?,29-/m0/s1. The fourth-order valence-corrected chi connectivity index (χ4v) is 6.86. The molecule has 0 N–H and O–H groups in total. The molecule has 40 heavy (non-hydrogen) atoms. The topological polar surface area (TPSA) is 82.1 Å². The Morgan fingerprint density at radius 3 is 2.38 bits per heavy atom. The van der Waals surface area contributed by atoms with Gasteiger partial charge in [-0.1, -0.05) is 71.2 Å². The third kappa shape index (κ3) is 11.0. The number of ether oxygens (including phenoxy) is 1. The van der Waals surface area contributed by atoms with Crippen LogP contribution in [0.2, 0.25) is 18.1 Å². The molecule has 9 heteroatoms. The molecule has 0 bridgehead atoms. The van der Waals surface area contributed by atoms with E-state index in [1.54, 1.807) is 0 Å². The van der Waals surface area contributed by atoms with E-state index >= 15 is 0 Å². The molecule has 0 saturated carbocycles. The van der Waals surface area contributed by atoms with Gasteiger partial charge in [0, 0.05) is 18.7 Å². The Labute approximate surface area is 244 Å². The first kappa shape index (κ1) is 34.5. The highest BCUT2D eigenvalue weighted by Crippen LogP contribution is 2.41. The summed E-state index contributed by atoms with van der Waals surface area (Å²) < 4.78 is 41.1. The number of unbranched alkanes of at least 4 members (excludes halogenated alkanes) is 3. The van der Waals surface area contributed by atoms with Gasteiger partial charge in [0.05, 0.1) is 31.6 Å². The minimum atomic E-state index is -3.57. The van der Waals surface area contributed by atoms with Gasteiger partial charge >= 0.3 is 5.97 Å². The van der Waals surface area contributed by atoms with Crippen molar-refractivity contribution in [2.45, 2.75) is 122 Å². The Balaban J connectivity index is 2.21. The van der Waals surface area contributed by atoms with Gasteiger partial charge in [-0.25, -0.2) is 0 Å². The number of carbonyl (C=O) groups is 1. The number of esters is 1. The van der Waals surface area contributed by atoms with E-state index in [2.05, 4.69) is 82.1 Å². The van der Waals surface area contributed by atoms with Crippen LogP contribution >= 0.6 is 0 Å². The maximum atomic E-state index is 12.0. The first-order valence-electron chi connectivity index (χ1n) is 14.8. The van der Waals surface area contributed by atoms with Gasteiger partial charge in [0.2, 0.25) is 0 Å². The molecule has 7 nitrogen and oxygen atoms in total. The zero-order chi connectivity index (χ0) is 30.0. The Hall–Kier alpha value is -1.68. The van der Waals surface area contributed by atoms with Gasteiger partial charge < -0.3 is 14.1 Å². The number of benzene rings is 1. The van der Waals surface area contributed by atoms with Gasteiger partial charge in [0.15, 0.2) is 8.32 Å². The van der Waals surface area contributed by atoms with E-state index in [9.17, 15) is 13.2 Å². The second-order valence-corrected chi connectivity index (χ2v) is 18.9. The van der Waals surface area contributed by atoms with Crippen molar-refractivity contribution in [3.8, 4) is 0 Å². The summed E-state index contributed by atoms with van der Waals surface area (Å²) in [7, 11) is -4.12. The SMILES string of the molecule is CCCCCC(O[Si](C)(C)C(C)(C)C)c1ccc(N2CC[C@H](OS(C)(=O)=O)[C@@H]2C/C=C\CCCC(=O)OC)cc1. The summed E-state index contributed by atoms with van der Waals surface area (Å²) in [6.45, 7) is 14.4. The van der Waals surface area contributed by atoms with E-state index in [0.29, 0.717) is 19.3 Å². The maximum Gasteiger partial charge on any atom is 0.305 e. The number of rotatable bonds is 16. The lowest BCUT2D eigenvalue weighted by atomic mass is 10.0. The fourth-order valence-electron chi connectivity index (χ4n) is 4.87. The molecule has 1 heterocycles. The molecule has 0 aromatic heterocycles. The molecular formula is C31H53NO6SSi. The van der Waals surface area contributed by atoms with Gasteiger partial charge in [-0.15, -0.1) is 0 Å². The zero-order valence-corrected chi connectivity index (χ0v) is 27.9. The predicted molar refractivity (Wildman–Crippen MR) is 167 cm³/mol. The first-order valence-corrected chi connectivity index (χ1v) is 19.6. The van der Waals surface area contributed by atoms with E-state index in [1.807, 2.05) is 0 Å². The van der Waals surface area contributed by atoms with Crippen molar-refractivity contribution >= 4 is 30.1 Å². The second kappa shape index (κ2) is 15.5.